The standard InChI is InChI=1S/C16H14N6O4/c1-9-7-14(23)19-16(17-9)21-13(6-10(2)20-21)18-15(24)11-4-3-5-12(8-11)22(25)26/h3-8H,1-2H3,(H,18,24)(H,17,19,23). The molecule has 2 N–H and O–H groups in total. The van der Waals surface area contributed by atoms with Crippen LogP contribution in [0.1, 0.15) is 21.7 Å². The zero-order valence-corrected chi connectivity index (χ0v) is 13.9. The molecule has 0 saturated heterocycles. The molecule has 0 bridgehead atoms. The van der Waals surface area contributed by atoms with E-state index in [1.807, 2.05) is 0 Å². The van der Waals surface area contributed by atoms with Crippen LogP contribution in [0.25, 0.3) is 5.95 Å². The number of H-pyrrole nitrogens is 1. The number of nitrogens with one attached hydrogen (secondary N) is 2. The second-order valence-electron chi connectivity index (χ2n) is 5.55. The van der Waals surface area contributed by atoms with E-state index in [1.54, 1.807) is 19.9 Å². The molecule has 0 unspecified atom stereocenters. The second kappa shape index (κ2) is 6.59. The van der Waals surface area contributed by atoms with Crippen molar-refractivity contribution >= 4 is 17.4 Å². The molecule has 0 aliphatic rings. The molecule has 0 fully saturated rings. The first-order valence-electron chi connectivity index (χ1n) is 7.54. The maximum Gasteiger partial charge on any atom is 0.270 e. The first-order valence-corrected chi connectivity index (χ1v) is 7.54. The van der Waals surface area contributed by atoms with E-state index in [1.165, 1.54) is 35.0 Å². The highest BCUT2D eigenvalue weighted by molar-refractivity contribution is 6.04. The number of carbonyl (C=O) groups excluding carboxylic acids is 1. The Kier molecular flexibility index (Phi) is 4.31. The van der Waals surface area contributed by atoms with Crippen molar-refractivity contribution in [1.82, 2.24) is 19.7 Å². The summed E-state index contributed by atoms with van der Waals surface area (Å²) in [6.45, 7) is 3.38. The van der Waals surface area contributed by atoms with E-state index in [-0.39, 0.29) is 28.6 Å². The highest BCUT2D eigenvalue weighted by atomic mass is 16.6. The summed E-state index contributed by atoms with van der Waals surface area (Å²) < 4.78 is 1.29. The van der Waals surface area contributed by atoms with Crippen molar-refractivity contribution in [2.75, 3.05) is 5.32 Å². The molecule has 26 heavy (non-hydrogen) atoms. The fraction of sp³-hybridized carbons (Fsp3) is 0.125. The van der Waals surface area contributed by atoms with E-state index in [2.05, 4.69) is 20.4 Å². The number of rotatable bonds is 4. The van der Waals surface area contributed by atoms with Crippen molar-refractivity contribution in [3.05, 3.63) is 73.8 Å². The van der Waals surface area contributed by atoms with E-state index in [0.29, 0.717) is 11.4 Å². The van der Waals surface area contributed by atoms with Crippen LogP contribution >= 0.6 is 0 Å². The molecule has 0 aliphatic carbocycles. The lowest BCUT2D eigenvalue weighted by Crippen LogP contribution is -2.19. The Labute approximate surface area is 146 Å². The van der Waals surface area contributed by atoms with Gasteiger partial charge in [0.25, 0.3) is 17.2 Å². The van der Waals surface area contributed by atoms with Gasteiger partial charge in [0.1, 0.15) is 5.82 Å². The SMILES string of the molecule is Cc1cc(=O)[nH]c(-n2nc(C)cc2NC(=O)c2cccc([N+](=O)[O-])c2)n1. The third-order valence-corrected chi connectivity index (χ3v) is 3.45. The number of aromatic nitrogens is 4. The number of aryl methyl sites for hydroxylation is 2. The largest absolute Gasteiger partial charge is 0.306 e. The van der Waals surface area contributed by atoms with Gasteiger partial charge in [-0.25, -0.2) is 4.98 Å². The first-order chi connectivity index (χ1) is 12.3. The van der Waals surface area contributed by atoms with Gasteiger partial charge in [-0.3, -0.25) is 24.7 Å². The number of nitro benzene ring substituents is 1. The van der Waals surface area contributed by atoms with Crippen LogP contribution in [0, 0.1) is 24.0 Å². The van der Waals surface area contributed by atoms with Crippen molar-refractivity contribution in [3.8, 4) is 5.95 Å². The maximum absolute atomic E-state index is 12.4. The van der Waals surface area contributed by atoms with E-state index in [9.17, 15) is 19.7 Å². The summed E-state index contributed by atoms with van der Waals surface area (Å²) in [6, 6.07) is 8.29. The zero-order valence-electron chi connectivity index (χ0n) is 13.9. The minimum Gasteiger partial charge on any atom is -0.306 e. The van der Waals surface area contributed by atoms with E-state index < -0.39 is 10.8 Å². The van der Waals surface area contributed by atoms with Crippen molar-refractivity contribution < 1.29 is 9.72 Å². The molecular weight excluding hydrogens is 340 g/mol. The molecule has 0 atom stereocenters. The molecule has 3 aromatic rings. The van der Waals surface area contributed by atoms with E-state index in [0.717, 1.165) is 0 Å². The Morgan fingerprint density at radius 2 is 2.00 bits per heavy atom. The van der Waals surface area contributed by atoms with Gasteiger partial charge in [0.2, 0.25) is 5.95 Å². The van der Waals surface area contributed by atoms with Crippen LogP contribution in [0.15, 0.2) is 41.2 Å². The summed E-state index contributed by atoms with van der Waals surface area (Å²) in [5.74, 6) is -0.130. The van der Waals surface area contributed by atoms with Gasteiger partial charge in [-0.1, -0.05) is 6.07 Å². The molecule has 2 aromatic heterocycles. The second-order valence-corrected chi connectivity index (χ2v) is 5.55. The highest BCUT2D eigenvalue weighted by Gasteiger charge is 2.16. The van der Waals surface area contributed by atoms with E-state index in [4.69, 9.17) is 0 Å². The number of anilines is 1. The Morgan fingerprint density at radius 1 is 1.23 bits per heavy atom. The number of hydrogen-bond donors (Lipinski definition) is 2. The van der Waals surface area contributed by atoms with Crippen LogP contribution in [0.5, 0.6) is 0 Å². The topological polar surface area (TPSA) is 136 Å². The van der Waals surface area contributed by atoms with Gasteiger partial charge in [0.05, 0.1) is 10.6 Å². The molecule has 0 spiro atoms. The third-order valence-electron chi connectivity index (χ3n) is 3.45. The van der Waals surface area contributed by atoms with Crippen LogP contribution in [-0.4, -0.2) is 30.6 Å². The lowest BCUT2D eigenvalue weighted by Gasteiger charge is -2.08. The molecule has 1 aromatic carbocycles. The number of amides is 1. The fourth-order valence-electron chi connectivity index (χ4n) is 2.36. The minimum absolute atomic E-state index is 0.121. The molecule has 1 amide bonds. The minimum atomic E-state index is -0.577. The van der Waals surface area contributed by atoms with Gasteiger partial charge in [0.15, 0.2) is 0 Å². The maximum atomic E-state index is 12.4. The predicted octanol–water partition coefficient (Wildman–Crippen LogP) is 1.73. The summed E-state index contributed by atoms with van der Waals surface area (Å²) in [4.78, 5) is 41.1. The molecule has 3 rings (SSSR count). The van der Waals surface area contributed by atoms with Gasteiger partial charge in [0, 0.05) is 35.5 Å². The van der Waals surface area contributed by atoms with E-state index >= 15 is 0 Å². The van der Waals surface area contributed by atoms with Crippen molar-refractivity contribution in [2.24, 2.45) is 0 Å². The van der Waals surface area contributed by atoms with Crippen LogP contribution in [0.4, 0.5) is 11.5 Å². The van der Waals surface area contributed by atoms with Gasteiger partial charge >= 0.3 is 0 Å². The van der Waals surface area contributed by atoms with Crippen LogP contribution in [0.2, 0.25) is 0 Å². The summed E-state index contributed by atoms with van der Waals surface area (Å²) in [7, 11) is 0. The summed E-state index contributed by atoms with van der Waals surface area (Å²) in [6.07, 6.45) is 0. The first kappa shape index (κ1) is 17.0. The van der Waals surface area contributed by atoms with Crippen LogP contribution in [0.3, 0.4) is 0 Å². The van der Waals surface area contributed by atoms with Crippen LogP contribution < -0.4 is 10.9 Å². The van der Waals surface area contributed by atoms with Gasteiger partial charge in [-0.2, -0.15) is 9.78 Å². The smallest absolute Gasteiger partial charge is 0.270 e. The van der Waals surface area contributed by atoms with Crippen molar-refractivity contribution in [3.63, 3.8) is 0 Å². The molecule has 2 heterocycles. The molecular formula is C16H14N6O4. The third kappa shape index (κ3) is 3.48. The molecule has 10 heteroatoms. The normalized spacial score (nSPS) is 10.5. The number of nitrogens with zero attached hydrogens (tertiary/aromatic N) is 4. The lowest BCUT2D eigenvalue weighted by atomic mass is 10.2. The Morgan fingerprint density at radius 3 is 2.69 bits per heavy atom. The number of aromatic amines is 1. The predicted molar refractivity (Wildman–Crippen MR) is 92.5 cm³/mol. The monoisotopic (exact) mass is 354 g/mol. The van der Waals surface area contributed by atoms with Crippen LogP contribution in [-0.2, 0) is 0 Å². The summed E-state index contributed by atoms with van der Waals surface area (Å²) in [5.41, 5.74) is 0.662. The Balaban J connectivity index is 1.96. The summed E-state index contributed by atoms with van der Waals surface area (Å²) in [5, 5.41) is 17.7. The number of hydrogen-bond acceptors (Lipinski definition) is 6. The van der Waals surface area contributed by atoms with Crippen molar-refractivity contribution in [1.29, 1.82) is 0 Å². The number of nitro groups is 1. The molecule has 10 nitrogen and oxygen atoms in total. The highest BCUT2D eigenvalue weighted by Crippen LogP contribution is 2.17. The quantitative estimate of drug-likeness (QED) is 0.541. The number of non-ortho nitro benzene ring substituents is 1. The zero-order chi connectivity index (χ0) is 18.8. The lowest BCUT2D eigenvalue weighted by molar-refractivity contribution is -0.384. The van der Waals surface area contributed by atoms with Gasteiger partial charge < -0.3 is 5.32 Å². The average Bonchev–Trinajstić information content (AvgIpc) is 2.94. The fourth-order valence-corrected chi connectivity index (χ4v) is 2.36. The number of carbonyl (C=O) groups is 1. The summed E-state index contributed by atoms with van der Waals surface area (Å²) >= 11 is 0. The molecule has 132 valence electrons. The molecule has 0 saturated carbocycles. The molecule has 0 aliphatic heterocycles. The molecule has 0 radical (unpaired) electrons. The van der Waals surface area contributed by atoms with Gasteiger partial charge in [-0.05, 0) is 19.9 Å². The van der Waals surface area contributed by atoms with Crippen molar-refractivity contribution in [2.45, 2.75) is 13.8 Å². The number of benzene rings is 1. The average molecular weight is 354 g/mol. The Hall–Kier alpha value is -3.82. The Bertz CT molecular complexity index is 1070. The van der Waals surface area contributed by atoms with Gasteiger partial charge in [-0.15, -0.1) is 0 Å².